The number of hydrogen-bond acceptors (Lipinski definition) is 2. The van der Waals surface area contributed by atoms with Gasteiger partial charge in [-0.15, -0.1) is 0 Å². The van der Waals surface area contributed by atoms with Crippen LogP contribution in [0.4, 0.5) is 0 Å². The van der Waals surface area contributed by atoms with Gasteiger partial charge in [-0.05, 0) is 34.3 Å². The molecule has 1 aromatic heterocycles. The summed E-state index contributed by atoms with van der Waals surface area (Å²) in [4.78, 5) is 9.86. The maximum atomic E-state index is 6.80. The normalized spacial score (nSPS) is 19.0. The Morgan fingerprint density at radius 1 is 0.714 bits per heavy atom. The minimum atomic E-state index is -0.141. The minimum Gasteiger partial charge on any atom is -0.250 e. The Morgan fingerprint density at radius 2 is 1.18 bits per heavy atom. The van der Waals surface area contributed by atoms with Gasteiger partial charge in [0.15, 0.2) is 0 Å². The van der Waals surface area contributed by atoms with Crippen molar-refractivity contribution in [3.05, 3.63) is 47.2 Å². The lowest BCUT2D eigenvalue weighted by molar-refractivity contribution is 0.126. The first-order valence-electron chi connectivity index (χ1n) is 9.88. The fourth-order valence-electron chi connectivity index (χ4n) is 4.98. The summed E-state index contributed by atoms with van der Waals surface area (Å²) in [5.74, 6) is 0. The summed E-state index contributed by atoms with van der Waals surface area (Å²) < 4.78 is 0. The molecule has 4 rings (SSSR count). The van der Waals surface area contributed by atoms with Crippen molar-refractivity contribution in [1.29, 1.82) is 0 Å². The number of aromatic nitrogens is 2. The SMILES string of the molecule is [B]c1c2c(c([B])c3nc(-c4ccccc4)c(C)nc13)C(C)(C)C(C)(C)C2(C)C. The summed E-state index contributed by atoms with van der Waals surface area (Å²) in [5, 5.41) is 0. The van der Waals surface area contributed by atoms with Gasteiger partial charge in [0.05, 0.1) is 22.4 Å². The van der Waals surface area contributed by atoms with Gasteiger partial charge in [0.2, 0.25) is 0 Å². The van der Waals surface area contributed by atoms with Crippen LogP contribution in [-0.4, -0.2) is 25.7 Å². The second kappa shape index (κ2) is 5.72. The van der Waals surface area contributed by atoms with E-state index in [1.165, 1.54) is 0 Å². The van der Waals surface area contributed by atoms with E-state index in [-0.39, 0.29) is 16.2 Å². The molecule has 4 radical (unpaired) electrons. The van der Waals surface area contributed by atoms with Crippen LogP contribution < -0.4 is 10.9 Å². The molecule has 0 bridgehead atoms. The highest BCUT2D eigenvalue weighted by Crippen LogP contribution is 2.60. The first-order valence-corrected chi connectivity index (χ1v) is 9.88. The van der Waals surface area contributed by atoms with E-state index < -0.39 is 0 Å². The quantitative estimate of drug-likeness (QED) is 0.614. The molecule has 0 saturated heterocycles. The van der Waals surface area contributed by atoms with E-state index in [9.17, 15) is 0 Å². The van der Waals surface area contributed by atoms with Crippen molar-refractivity contribution in [1.82, 2.24) is 9.97 Å². The maximum Gasteiger partial charge on any atom is 0.117 e. The van der Waals surface area contributed by atoms with Crippen LogP contribution in [0.5, 0.6) is 0 Å². The van der Waals surface area contributed by atoms with E-state index in [1.54, 1.807) is 0 Å². The molecule has 1 aliphatic rings. The molecule has 4 heteroatoms. The van der Waals surface area contributed by atoms with Crippen LogP contribution in [0.15, 0.2) is 30.3 Å². The zero-order valence-electron chi connectivity index (χ0n) is 17.9. The van der Waals surface area contributed by atoms with E-state index >= 15 is 0 Å². The maximum absolute atomic E-state index is 6.80. The van der Waals surface area contributed by atoms with E-state index in [1.807, 2.05) is 37.3 Å². The third kappa shape index (κ3) is 2.18. The largest absolute Gasteiger partial charge is 0.250 e. The standard InChI is InChI=1S/C24H26B2N2/c1-13-19(14-11-9-8-10-12-14)28-21-18(26)16-15(17(25)20(21)27-13)22(2,3)24(6,7)23(16,4)5/h8-12H,1-7H3. The van der Waals surface area contributed by atoms with Crippen molar-refractivity contribution >= 4 is 37.7 Å². The zero-order chi connectivity index (χ0) is 20.6. The molecule has 0 saturated carbocycles. The number of fused-ring (bicyclic) bond motifs is 2. The first-order chi connectivity index (χ1) is 12.9. The van der Waals surface area contributed by atoms with Crippen LogP contribution in [0.3, 0.4) is 0 Å². The van der Waals surface area contributed by atoms with Crippen molar-refractivity contribution < 1.29 is 0 Å². The minimum absolute atomic E-state index is 0.0285. The Balaban J connectivity index is 2.14. The topological polar surface area (TPSA) is 25.8 Å². The number of hydrogen-bond donors (Lipinski definition) is 0. The third-order valence-electron chi connectivity index (χ3n) is 7.79. The van der Waals surface area contributed by atoms with E-state index in [0.717, 1.165) is 39.1 Å². The summed E-state index contributed by atoms with van der Waals surface area (Å²) in [6.45, 7) is 15.7. The van der Waals surface area contributed by atoms with Crippen molar-refractivity contribution in [2.75, 3.05) is 0 Å². The van der Waals surface area contributed by atoms with Gasteiger partial charge < -0.3 is 0 Å². The molecule has 3 aromatic rings. The van der Waals surface area contributed by atoms with Gasteiger partial charge in [0.1, 0.15) is 15.7 Å². The molecule has 0 spiro atoms. The zero-order valence-corrected chi connectivity index (χ0v) is 17.9. The summed E-state index contributed by atoms with van der Waals surface area (Å²) in [5.41, 5.74) is 7.57. The second-order valence-corrected chi connectivity index (χ2v) is 9.67. The average molecular weight is 364 g/mol. The monoisotopic (exact) mass is 364 g/mol. The second-order valence-electron chi connectivity index (χ2n) is 9.67. The smallest absolute Gasteiger partial charge is 0.117 e. The van der Waals surface area contributed by atoms with Crippen LogP contribution in [0.2, 0.25) is 0 Å². The summed E-state index contributed by atoms with van der Waals surface area (Å²) in [6, 6.07) is 10.1. The highest BCUT2D eigenvalue weighted by Gasteiger charge is 2.58. The molecule has 2 nitrogen and oxygen atoms in total. The molecule has 2 aromatic carbocycles. The fraction of sp³-hybridized carbons (Fsp3) is 0.417. The van der Waals surface area contributed by atoms with Gasteiger partial charge in [-0.3, -0.25) is 0 Å². The molecular weight excluding hydrogens is 338 g/mol. The highest BCUT2D eigenvalue weighted by molar-refractivity contribution is 6.46. The Labute approximate surface area is 171 Å². The van der Waals surface area contributed by atoms with Crippen LogP contribution in [0.25, 0.3) is 22.3 Å². The summed E-state index contributed by atoms with van der Waals surface area (Å²) in [7, 11) is 13.6. The van der Waals surface area contributed by atoms with Gasteiger partial charge >= 0.3 is 0 Å². The Bertz CT molecular complexity index is 1110. The summed E-state index contributed by atoms with van der Waals surface area (Å²) >= 11 is 0. The third-order valence-corrected chi connectivity index (χ3v) is 7.79. The number of nitrogens with zero attached hydrogens (tertiary/aromatic N) is 2. The van der Waals surface area contributed by atoms with Gasteiger partial charge in [-0.25, -0.2) is 9.97 Å². The lowest BCUT2D eigenvalue weighted by atomic mass is 9.58. The highest BCUT2D eigenvalue weighted by atomic mass is 14.8. The van der Waals surface area contributed by atoms with Crippen LogP contribution >= 0.6 is 0 Å². The van der Waals surface area contributed by atoms with E-state index in [2.05, 4.69) is 41.5 Å². The van der Waals surface area contributed by atoms with Crippen LogP contribution in [0.1, 0.15) is 58.4 Å². The van der Waals surface area contributed by atoms with Crippen LogP contribution in [0, 0.1) is 12.3 Å². The van der Waals surface area contributed by atoms with Crippen molar-refractivity contribution in [2.24, 2.45) is 5.41 Å². The van der Waals surface area contributed by atoms with E-state index in [4.69, 9.17) is 25.7 Å². The van der Waals surface area contributed by atoms with Crippen molar-refractivity contribution in [3.63, 3.8) is 0 Å². The lowest BCUT2D eigenvalue weighted by Gasteiger charge is -2.45. The van der Waals surface area contributed by atoms with Crippen LogP contribution in [-0.2, 0) is 10.8 Å². The Kier molecular flexibility index (Phi) is 3.93. The van der Waals surface area contributed by atoms with Gasteiger partial charge in [-0.2, -0.15) is 0 Å². The van der Waals surface area contributed by atoms with Crippen molar-refractivity contribution in [2.45, 2.75) is 59.3 Å². The molecule has 1 heterocycles. The predicted molar refractivity (Wildman–Crippen MR) is 120 cm³/mol. The average Bonchev–Trinajstić information content (AvgIpc) is 2.74. The molecular formula is C24H26B2N2. The molecule has 138 valence electrons. The fourth-order valence-corrected chi connectivity index (χ4v) is 4.98. The van der Waals surface area contributed by atoms with Gasteiger partial charge in [0, 0.05) is 5.56 Å². The number of aryl methyl sites for hydroxylation is 1. The molecule has 0 N–H and O–H groups in total. The Hall–Kier alpha value is -2.09. The molecule has 0 atom stereocenters. The first kappa shape index (κ1) is 19.2. The van der Waals surface area contributed by atoms with Gasteiger partial charge in [-0.1, -0.05) is 82.8 Å². The lowest BCUT2D eigenvalue weighted by Crippen LogP contribution is -2.43. The van der Waals surface area contributed by atoms with Gasteiger partial charge in [0.25, 0.3) is 0 Å². The number of benzene rings is 2. The predicted octanol–water partition coefficient (Wildman–Crippen LogP) is 3.79. The van der Waals surface area contributed by atoms with E-state index in [0.29, 0.717) is 11.0 Å². The molecule has 0 fully saturated rings. The molecule has 0 amide bonds. The molecule has 28 heavy (non-hydrogen) atoms. The molecule has 0 aliphatic heterocycles. The number of rotatable bonds is 1. The van der Waals surface area contributed by atoms with Crippen molar-refractivity contribution in [3.8, 4) is 11.3 Å². The summed E-state index contributed by atoms with van der Waals surface area (Å²) in [6.07, 6.45) is 0. The Morgan fingerprint density at radius 3 is 1.68 bits per heavy atom. The molecule has 1 aliphatic carbocycles. The molecule has 0 unspecified atom stereocenters.